The van der Waals surface area contributed by atoms with Gasteiger partial charge >= 0.3 is 0 Å². The number of aromatic nitrogens is 3. The highest BCUT2D eigenvalue weighted by molar-refractivity contribution is 6.05. The number of rotatable bonds is 7. The Morgan fingerprint density at radius 2 is 1.77 bits per heavy atom. The summed E-state index contributed by atoms with van der Waals surface area (Å²) >= 11 is 0. The average molecular weight is 654 g/mol. The van der Waals surface area contributed by atoms with Crippen molar-refractivity contribution >= 4 is 28.9 Å². The number of nitrogens with zero attached hydrogens (tertiary/aromatic N) is 6. The van der Waals surface area contributed by atoms with E-state index in [0.717, 1.165) is 47.7 Å². The molecule has 2 saturated heterocycles. The molecule has 3 aliphatic heterocycles. The van der Waals surface area contributed by atoms with E-state index in [1.165, 1.54) is 0 Å². The number of piperazine rings is 1. The maximum absolute atomic E-state index is 13.4. The van der Waals surface area contributed by atoms with E-state index in [9.17, 15) is 19.2 Å². The van der Waals surface area contributed by atoms with Crippen LogP contribution < -0.4 is 25.2 Å². The zero-order valence-electron chi connectivity index (χ0n) is 27.8. The van der Waals surface area contributed by atoms with E-state index < -0.39 is 11.9 Å². The maximum atomic E-state index is 13.4. The lowest BCUT2D eigenvalue weighted by Crippen LogP contribution is -2.59. The molecule has 4 aromatic rings. The summed E-state index contributed by atoms with van der Waals surface area (Å²) in [7, 11) is 5.02. The Balaban J connectivity index is 1.11. The van der Waals surface area contributed by atoms with E-state index in [2.05, 4.69) is 33.9 Å². The number of hydrogen-bond acceptors (Lipinski definition) is 9. The van der Waals surface area contributed by atoms with Crippen LogP contribution in [0.4, 0.5) is 5.69 Å². The molecular formula is C35H39N7O6. The molecule has 2 aromatic heterocycles. The summed E-state index contributed by atoms with van der Waals surface area (Å²) in [6, 6.07) is 9.28. The van der Waals surface area contributed by atoms with Crippen molar-refractivity contribution in [2.45, 2.75) is 51.4 Å². The first kappa shape index (κ1) is 31.4. The van der Waals surface area contributed by atoms with Gasteiger partial charge in [0, 0.05) is 74.7 Å². The van der Waals surface area contributed by atoms with Gasteiger partial charge in [0.1, 0.15) is 23.1 Å². The number of nitrogens with one attached hydrogen (secondary N) is 1. The lowest BCUT2D eigenvalue weighted by atomic mass is 9.96. The number of benzene rings is 2. The molecule has 48 heavy (non-hydrogen) atoms. The van der Waals surface area contributed by atoms with Crippen molar-refractivity contribution in [3.63, 3.8) is 0 Å². The smallest absolute Gasteiger partial charge is 0.276 e. The summed E-state index contributed by atoms with van der Waals surface area (Å²) < 4.78 is 15.2. The molecule has 2 fully saturated rings. The third-order valence-electron chi connectivity index (χ3n) is 9.96. The van der Waals surface area contributed by atoms with E-state index in [1.54, 1.807) is 53.9 Å². The van der Waals surface area contributed by atoms with Gasteiger partial charge in [0.2, 0.25) is 11.8 Å². The zero-order chi connectivity index (χ0) is 33.9. The molecule has 13 nitrogen and oxygen atoms in total. The number of imidazole rings is 1. The summed E-state index contributed by atoms with van der Waals surface area (Å²) in [5, 5.41) is 2.37. The van der Waals surface area contributed by atoms with Crippen LogP contribution in [0.3, 0.4) is 0 Å². The van der Waals surface area contributed by atoms with Crippen LogP contribution in [0.5, 0.6) is 11.5 Å². The number of imide groups is 1. The Morgan fingerprint density at radius 1 is 1.02 bits per heavy atom. The highest BCUT2D eigenvalue weighted by Gasteiger charge is 2.40. The molecule has 7 rings (SSSR count). The molecule has 0 radical (unpaired) electrons. The molecule has 3 aliphatic rings. The zero-order valence-corrected chi connectivity index (χ0v) is 27.8. The van der Waals surface area contributed by atoms with Crippen molar-refractivity contribution in [3.05, 3.63) is 76.1 Å². The van der Waals surface area contributed by atoms with Crippen LogP contribution in [-0.4, -0.2) is 86.9 Å². The number of amides is 3. The number of methoxy groups -OCH3 is 2. The van der Waals surface area contributed by atoms with Gasteiger partial charge in [-0.05, 0) is 50.1 Å². The fourth-order valence-corrected chi connectivity index (χ4v) is 7.27. The monoisotopic (exact) mass is 653 g/mol. The highest BCUT2D eigenvalue weighted by Crippen LogP contribution is 2.39. The number of piperidine rings is 1. The van der Waals surface area contributed by atoms with Crippen molar-refractivity contribution in [1.29, 1.82) is 0 Å². The molecule has 2 aromatic carbocycles. The lowest BCUT2D eigenvalue weighted by molar-refractivity contribution is -0.136. The maximum Gasteiger partial charge on any atom is 0.276 e. The summed E-state index contributed by atoms with van der Waals surface area (Å²) in [6.45, 7) is 7.57. The number of hydrogen-bond donors (Lipinski definition) is 1. The van der Waals surface area contributed by atoms with E-state index in [1.807, 2.05) is 30.3 Å². The van der Waals surface area contributed by atoms with Crippen LogP contribution in [0.25, 0.3) is 16.8 Å². The fraction of sp³-hybridized carbons (Fsp3) is 0.400. The Hall–Kier alpha value is -5.17. The minimum Gasteiger partial charge on any atom is -0.496 e. The Kier molecular flexibility index (Phi) is 7.74. The molecule has 0 saturated carbocycles. The number of anilines is 1. The Labute approximate surface area is 277 Å². The molecule has 3 amide bonds. The molecule has 0 bridgehead atoms. The van der Waals surface area contributed by atoms with Crippen molar-refractivity contribution in [2.24, 2.45) is 7.05 Å². The molecule has 5 heterocycles. The summed E-state index contributed by atoms with van der Waals surface area (Å²) in [5.41, 5.74) is 5.10. The van der Waals surface area contributed by atoms with Crippen LogP contribution in [0, 0.1) is 0 Å². The average Bonchev–Trinajstić information content (AvgIpc) is 3.68. The standard InChI is InChI=1S/C35H39N7O6/c1-35(2)19-39(23-7-6-21-16-41(33(45)24(21)14-23)26-8-9-31(43)37-32(26)44)10-11-40(35)17-25-29(47-4)12-22(13-30(25)48-5)28-18-38(3)34(46)27-15-36-20-42(27)28/h6-7,12-15,18,20,26H,8-11,16-17,19H2,1-5H3,(H,37,43,44). The molecule has 0 aliphatic carbocycles. The van der Waals surface area contributed by atoms with Crippen LogP contribution >= 0.6 is 0 Å². The number of carbonyl (C=O) groups is 3. The number of aryl methyl sites for hydroxylation is 1. The highest BCUT2D eigenvalue weighted by atomic mass is 16.5. The van der Waals surface area contributed by atoms with E-state index >= 15 is 0 Å². The van der Waals surface area contributed by atoms with Gasteiger partial charge in [-0.25, -0.2) is 4.98 Å². The molecule has 1 atom stereocenters. The first-order valence-electron chi connectivity index (χ1n) is 16.0. The van der Waals surface area contributed by atoms with Crippen LogP contribution in [0.15, 0.2) is 53.8 Å². The summed E-state index contributed by atoms with van der Waals surface area (Å²) in [4.78, 5) is 60.7. The third kappa shape index (κ3) is 5.27. The Morgan fingerprint density at radius 3 is 2.46 bits per heavy atom. The first-order chi connectivity index (χ1) is 23.0. The molecule has 250 valence electrons. The van der Waals surface area contributed by atoms with Crippen molar-refractivity contribution in [2.75, 3.05) is 38.8 Å². The van der Waals surface area contributed by atoms with Crippen molar-refractivity contribution < 1.29 is 23.9 Å². The van der Waals surface area contributed by atoms with Gasteiger partial charge in [-0.3, -0.25) is 33.8 Å². The minimum atomic E-state index is -0.634. The summed E-state index contributed by atoms with van der Waals surface area (Å²) in [6.07, 6.45) is 5.55. The van der Waals surface area contributed by atoms with Crippen LogP contribution in [-0.2, 0) is 29.7 Å². The van der Waals surface area contributed by atoms with Gasteiger partial charge in [-0.2, -0.15) is 0 Å². The number of carbonyl (C=O) groups excluding carboxylic acids is 3. The van der Waals surface area contributed by atoms with Gasteiger partial charge in [0.05, 0.1) is 38.0 Å². The SMILES string of the molecule is COc1cc(-c2cn(C)c(=O)c3cncn23)cc(OC)c1CN1CCN(c2ccc3c(c2)C(=O)N(C2CCC(=O)NC2=O)C3)CC1(C)C. The van der Waals surface area contributed by atoms with Crippen LogP contribution in [0.2, 0.25) is 0 Å². The Bertz CT molecular complexity index is 2010. The topological polar surface area (TPSA) is 131 Å². The molecular weight excluding hydrogens is 614 g/mol. The third-order valence-corrected chi connectivity index (χ3v) is 9.96. The van der Waals surface area contributed by atoms with Crippen LogP contribution in [0.1, 0.15) is 48.2 Å². The second-order valence-electron chi connectivity index (χ2n) is 13.3. The molecule has 1 unspecified atom stereocenters. The van der Waals surface area contributed by atoms with Gasteiger partial charge in [-0.1, -0.05) is 6.07 Å². The molecule has 0 spiro atoms. The molecule has 13 heteroatoms. The quantitative estimate of drug-likeness (QED) is 0.299. The predicted octanol–water partition coefficient (Wildman–Crippen LogP) is 2.58. The second-order valence-corrected chi connectivity index (χ2v) is 13.3. The fourth-order valence-electron chi connectivity index (χ4n) is 7.27. The van der Waals surface area contributed by atoms with Crippen molar-refractivity contribution in [3.8, 4) is 22.8 Å². The van der Waals surface area contributed by atoms with Gasteiger partial charge < -0.3 is 23.8 Å². The number of ether oxygens (including phenoxy) is 2. The van der Waals surface area contributed by atoms with Gasteiger partial charge in [-0.15, -0.1) is 0 Å². The van der Waals surface area contributed by atoms with Crippen molar-refractivity contribution in [1.82, 2.24) is 29.1 Å². The number of fused-ring (bicyclic) bond motifs is 2. The van der Waals surface area contributed by atoms with E-state index in [4.69, 9.17) is 9.47 Å². The lowest BCUT2D eigenvalue weighted by Gasteiger charge is -2.48. The normalized spacial score (nSPS) is 19.5. The van der Waals surface area contributed by atoms with Gasteiger partial charge in [0.25, 0.3) is 11.5 Å². The molecule has 1 N–H and O–H groups in total. The van der Waals surface area contributed by atoms with Gasteiger partial charge in [0.15, 0.2) is 0 Å². The summed E-state index contributed by atoms with van der Waals surface area (Å²) in [5.74, 6) is 0.491. The minimum absolute atomic E-state index is 0.131. The largest absolute Gasteiger partial charge is 0.496 e. The second kappa shape index (κ2) is 11.8. The van der Waals surface area contributed by atoms with E-state index in [0.29, 0.717) is 42.1 Å². The van der Waals surface area contributed by atoms with E-state index in [-0.39, 0.29) is 29.3 Å². The first-order valence-corrected chi connectivity index (χ1v) is 16.0. The predicted molar refractivity (Wildman–Crippen MR) is 178 cm³/mol.